The Morgan fingerprint density at radius 1 is 1.47 bits per heavy atom. The third-order valence-corrected chi connectivity index (χ3v) is 4.26. The molecule has 2 heterocycles. The van der Waals surface area contributed by atoms with E-state index in [2.05, 4.69) is 22.4 Å². The van der Waals surface area contributed by atoms with E-state index in [9.17, 15) is 0 Å². The van der Waals surface area contributed by atoms with Gasteiger partial charge in [0.15, 0.2) is 0 Å². The maximum Gasteiger partial charge on any atom is 0.265 e. The predicted molar refractivity (Wildman–Crippen MR) is 64.8 cm³/mol. The molecule has 1 N–H and O–H groups in total. The minimum absolute atomic E-state index is 0.286. The molecule has 0 radical (unpaired) electrons. The van der Waals surface area contributed by atoms with Crippen LogP contribution in [0.25, 0.3) is 0 Å². The summed E-state index contributed by atoms with van der Waals surface area (Å²) in [5, 5.41) is 7.58. The summed E-state index contributed by atoms with van der Waals surface area (Å²) in [7, 11) is 1.98. The fraction of sp³-hybridized carbons (Fsp3) is 0.833. The molecule has 94 valence electrons. The molecule has 0 bridgehead atoms. The molecule has 1 aromatic rings. The number of fused-ring (bicyclic) bond motifs is 1. The highest BCUT2D eigenvalue weighted by atomic mass is 16.5. The SMILES string of the molecule is CCN(C)c1noc(C2NCC3CCCC32)n1. The number of rotatable bonds is 3. The molecule has 0 amide bonds. The molecule has 1 aliphatic carbocycles. The van der Waals surface area contributed by atoms with Crippen molar-refractivity contribution in [2.75, 3.05) is 25.0 Å². The van der Waals surface area contributed by atoms with Crippen molar-refractivity contribution in [3.8, 4) is 0 Å². The molecular formula is C12H20N4O. The first-order chi connectivity index (χ1) is 8.29. The minimum Gasteiger partial charge on any atom is -0.342 e. The van der Waals surface area contributed by atoms with Crippen LogP contribution in [0, 0.1) is 11.8 Å². The zero-order chi connectivity index (χ0) is 11.8. The smallest absolute Gasteiger partial charge is 0.265 e. The standard InChI is InChI=1S/C12H20N4O/c1-3-16(2)12-14-11(17-15-12)10-9-6-4-5-8(9)7-13-10/h8-10,13H,3-7H2,1-2H3. The van der Waals surface area contributed by atoms with Crippen LogP contribution in [0.15, 0.2) is 4.52 Å². The van der Waals surface area contributed by atoms with Crippen LogP contribution in [-0.2, 0) is 0 Å². The molecule has 1 saturated carbocycles. The second-order valence-corrected chi connectivity index (χ2v) is 5.19. The second-order valence-electron chi connectivity index (χ2n) is 5.19. The van der Waals surface area contributed by atoms with E-state index in [1.165, 1.54) is 19.3 Å². The van der Waals surface area contributed by atoms with Crippen LogP contribution in [0.2, 0.25) is 0 Å². The van der Waals surface area contributed by atoms with Crippen LogP contribution in [0.3, 0.4) is 0 Å². The van der Waals surface area contributed by atoms with E-state index in [1.54, 1.807) is 0 Å². The number of nitrogens with one attached hydrogen (secondary N) is 1. The Kier molecular flexibility index (Phi) is 2.78. The minimum atomic E-state index is 0.286. The molecule has 1 aromatic heterocycles. The fourth-order valence-electron chi connectivity index (χ4n) is 3.11. The Bertz CT molecular complexity index is 392. The third kappa shape index (κ3) is 1.82. The first-order valence-corrected chi connectivity index (χ1v) is 6.57. The lowest BCUT2D eigenvalue weighted by molar-refractivity contribution is 0.302. The maximum atomic E-state index is 5.41. The summed E-state index contributed by atoms with van der Waals surface area (Å²) in [6, 6.07) is 0.286. The summed E-state index contributed by atoms with van der Waals surface area (Å²) in [4.78, 5) is 6.50. The molecule has 17 heavy (non-hydrogen) atoms. The van der Waals surface area contributed by atoms with E-state index >= 15 is 0 Å². The summed E-state index contributed by atoms with van der Waals surface area (Å²) >= 11 is 0. The van der Waals surface area contributed by atoms with E-state index in [4.69, 9.17) is 4.52 Å². The molecule has 0 spiro atoms. The van der Waals surface area contributed by atoms with Gasteiger partial charge in [0.05, 0.1) is 6.04 Å². The van der Waals surface area contributed by atoms with Crippen molar-refractivity contribution >= 4 is 5.95 Å². The average molecular weight is 236 g/mol. The van der Waals surface area contributed by atoms with Gasteiger partial charge in [-0.05, 0) is 43.3 Å². The highest BCUT2D eigenvalue weighted by Gasteiger charge is 2.42. The van der Waals surface area contributed by atoms with E-state index < -0.39 is 0 Å². The Hall–Kier alpha value is -1.10. The van der Waals surface area contributed by atoms with Gasteiger partial charge in [-0.3, -0.25) is 0 Å². The van der Waals surface area contributed by atoms with Crippen LogP contribution in [-0.4, -0.2) is 30.3 Å². The van der Waals surface area contributed by atoms with Gasteiger partial charge < -0.3 is 14.7 Å². The van der Waals surface area contributed by atoms with Gasteiger partial charge in [-0.2, -0.15) is 4.98 Å². The van der Waals surface area contributed by atoms with Crippen LogP contribution in [0.1, 0.15) is 38.1 Å². The molecule has 3 atom stereocenters. The molecule has 2 fully saturated rings. The van der Waals surface area contributed by atoms with Crippen LogP contribution in [0.4, 0.5) is 5.95 Å². The molecular weight excluding hydrogens is 216 g/mol. The number of hydrogen-bond acceptors (Lipinski definition) is 5. The second kappa shape index (κ2) is 4.29. The van der Waals surface area contributed by atoms with Crippen molar-refractivity contribution < 1.29 is 4.52 Å². The Morgan fingerprint density at radius 3 is 3.18 bits per heavy atom. The van der Waals surface area contributed by atoms with E-state index in [0.717, 1.165) is 24.9 Å². The molecule has 5 heteroatoms. The maximum absolute atomic E-state index is 5.41. The zero-order valence-corrected chi connectivity index (χ0v) is 10.5. The monoisotopic (exact) mass is 236 g/mol. The van der Waals surface area contributed by atoms with Crippen LogP contribution >= 0.6 is 0 Å². The highest BCUT2D eigenvalue weighted by Crippen LogP contribution is 2.43. The summed E-state index contributed by atoms with van der Waals surface area (Å²) in [6.45, 7) is 4.08. The van der Waals surface area contributed by atoms with Gasteiger partial charge in [0, 0.05) is 13.6 Å². The van der Waals surface area contributed by atoms with Gasteiger partial charge in [0.25, 0.3) is 5.95 Å². The van der Waals surface area contributed by atoms with Crippen LogP contribution < -0.4 is 10.2 Å². The van der Waals surface area contributed by atoms with E-state index in [1.807, 2.05) is 11.9 Å². The van der Waals surface area contributed by atoms with Crippen molar-refractivity contribution in [3.05, 3.63) is 5.89 Å². The van der Waals surface area contributed by atoms with Gasteiger partial charge in [-0.15, -0.1) is 0 Å². The highest BCUT2D eigenvalue weighted by molar-refractivity contribution is 5.26. The first kappa shape index (κ1) is 11.0. The molecule has 3 rings (SSSR count). The normalized spacial score (nSPS) is 31.8. The molecule has 2 aliphatic rings. The third-order valence-electron chi connectivity index (χ3n) is 4.26. The van der Waals surface area contributed by atoms with Gasteiger partial charge in [0.2, 0.25) is 5.89 Å². The predicted octanol–water partition coefficient (Wildman–Crippen LogP) is 1.59. The summed E-state index contributed by atoms with van der Waals surface area (Å²) < 4.78 is 5.41. The largest absolute Gasteiger partial charge is 0.342 e. The lowest BCUT2D eigenvalue weighted by Gasteiger charge is -2.13. The Balaban J connectivity index is 1.78. The van der Waals surface area contributed by atoms with Gasteiger partial charge >= 0.3 is 0 Å². The lowest BCUT2D eigenvalue weighted by atomic mass is 9.94. The molecule has 5 nitrogen and oxygen atoms in total. The fourth-order valence-corrected chi connectivity index (χ4v) is 3.11. The topological polar surface area (TPSA) is 54.2 Å². The summed E-state index contributed by atoms with van der Waals surface area (Å²) in [6.07, 6.45) is 4.00. The van der Waals surface area contributed by atoms with E-state index in [-0.39, 0.29) is 6.04 Å². The summed E-state index contributed by atoms with van der Waals surface area (Å²) in [5.41, 5.74) is 0. The molecule has 1 aliphatic heterocycles. The van der Waals surface area contributed by atoms with Crippen molar-refractivity contribution in [3.63, 3.8) is 0 Å². The number of nitrogens with zero attached hydrogens (tertiary/aromatic N) is 3. The number of aromatic nitrogens is 2. The number of anilines is 1. The average Bonchev–Trinajstić information content (AvgIpc) is 3.02. The van der Waals surface area contributed by atoms with Gasteiger partial charge in [0.1, 0.15) is 0 Å². The summed E-state index contributed by atoms with van der Waals surface area (Å²) in [5.74, 6) is 3.00. The Morgan fingerprint density at radius 2 is 2.35 bits per heavy atom. The quantitative estimate of drug-likeness (QED) is 0.863. The molecule has 3 unspecified atom stereocenters. The van der Waals surface area contributed by atoms with Crippen molar-refractivity contribution in [2.45, 2.75) is 32.2 Å². The lowest BCUT2D eigenvalue weighted by Crippen LogP contribution is -2.19. The van der Waals surface area contributed by atoms with Crippen molar-refractivity contribution in [2.24, 2.45) is 11.8 Å². The number of hydrogen-bond donors (Lipinski definition) is 1. The first-order valence-electron chi connectivity index (χ1n) is 6.57. The van der Waals surface area contributed by atoms with Gasteiger partial charge in [-0.25, -0.2) is 0 Å². The van der Waals surface area contributed by atoms with E-state index in [0.29, 0.717) is 11.9 Å². The zero-order valence-electron chi connectivity index (χ0n) is 10.5. The molecule has 0 aromatic carbocycles. The van der Waals surface area contributed by atoms with Gasteiger partial charge in [-0.1, -0.05) is 6.42 Å². The van der Waals surface area contributed by atoms with Crippen LogP contribution in [0.5, 0.6) is 0 Å². The Labute approximate surface area is 102 Å². The van der Waals surface area contributed by atoms with Crippen molar-refractivity contribution in [1.29, 1.82) is 0 Å². The van der Waals surface area contributed by atoms with Crippen molar-refractivity contribution in [1.82, 2.24) is 15.5 Å². The molecule has 1 saturated heterocycles.